The van der Waals surface area contributed by atoms with E-state index in [0.717, 1.165) is 0 Å². The summed E-state index contributed by atoms with van der Waals surface area (Å²) >= 11 is 16.7. The van der Waals surface area contributed by atoms with E-state index in [1.807, 2.05) is 6.92 Å². The van der Waals surface area contributed by atoms with Crippen LogP contribution in [0, 0.1) is 0 Å². The zero-order valence-corrected chi connectivity index (χ0v) is 13.3. The second-order valence-electron chi connectivity index (χ2n) is 4.03. The summed E-state index contributed by atoms with van der Waals surface area (Å²) in [5.74, 6) is -0.0896. The molecule has 5 nitrogen and oxygen atoms in total. The Hall–Kier alpha value is -1.08. The summed E-state index contributed by atoms with van der Waals surface area (Å²) in [7, 11) is 1.61. The van der Waals surface area contributed by atoms with Gasteiger partial charge in [0.15, 0.2) is 5.11 Å². The number of halogens is 2. The number of nitrogens with one attached hydrogen (secondary N) is 2. The normalized spacial score (nSPS) is 12.4. The first-order valence-corrected chi connectivity index (χ1v) is 6.87. The van der Waals surface area contributed by atoms with Gasteiger partial charge in [0.2, 0.25) is 0 Å². The number of phenols is 1. The van der Waals surface area contributed by atoms with Gasteiger partial charge in [0, 0.05) is 23.7 Å². The Morgan fingerprint density at radius 1 is 1.55 bits per heavy atom. The van der Waals surface area contributed by atoms with Crippen molar-refractivity contribution in [2.45, 2.75) is 13.0 Å². The third-order valence-corrected chi connectivity index (χ3v) is 2.94. The van der Waals surface area contributed by atoms with Gasteiger partial charge >= 0.3 is 0 Å². The molecule has 3 N–H and O–H groups in total. The molecule has 0 amide bonds. The molecule has 0 heterocycles. The fourth-order valence-corrected chi connectivity index (χ4v) is 2.16. The van der Waals surface area contributed by atoms with Gasteiger partial charge in [-0.25, -0.2) is 0 Å². The number of hydrogen-bond acceptors (Lipinski definition) is 4. The Labute approximate surface area is 132 Å². The minimum atomic E-state index is -0.0896. The Morgan fingerprint density at radius 2 is 2.25 bits per heavy atom. The number of methoxy groups -OCH3 is 1. The van der Waals surface area contributed by atoms with Crippen molar-refractivity contribution in [2.75, 3.05) is 13.7 Å². The van der Waals surface area contributed by atoms with E-state index in [1.54, 1.807) is 7.11 Å². The van der Waals surface area contributed by atoms with Gasteiger partial charge in [0.25, 0.3) is 0 Å². The van der Waals surface area contributed by atoms with E-state index >= 15 is 0 Å². The van der Waals surface area contributed by atoms with E-state index in [1.165, 1.54) is 18.3 Å². The monoisotopic (exact) mass is 335 g/mol. The fraction of sp³-hybridized carbons (Fsp3) is 0.333. The second kappa shape index (κ2) is 8.26. The minimum absolute atomic E-state index is 0.0595. The van der Waals surface area contributed by atoms with Crippen LogP contribution in [-0.4, -0.2) is 36.2 Å². The van der Waals surface area contributed by atoms with Gasteiger partial charge in [0.1, 0.15) is 5.75 Å². The predicted molar refractivity (Wildman–Crippen MR) is 85.9 cm³/mol. The van der Waals surface area contributed by atoms with E-state index < -0.39 is 0 Å². The molecule has 0 unspecified atom stereocenters. The highest BCUT2D eigenvalue weighted by Gasteiger charge is 2.06. The van der Waals surface area contributed by atoms with Crippen LogP contribution in [0.25, 0.3) is 0 Å². The first-order chi connectivity index (χ1) is 9.43. The van der Waals surface area contributed by atoms with Gasteiger partial charge in [-0.05, 0) is 31.3 Å². The summed E-state index contributed by atoms with van der Waals surface area (Å²) in [6.45, 7) is 2.44. The first kappa shape index (κ1) is 17.0. The molecule has 0 aliphatic rings. The zero-order valence-electron chi connectivity index (χ0n) is 11.0. The van der Waals surface area contributed by atoms with Crippen LogP contribution < -0.4 is 10.7 Å². The minimum Gasteiger partial charge on any atom is -0.506 e. The number of hydrazone groups is 1. The predicted octanol–water partition coefficient (Wildman–Crippen LogP) is 2.53. The lowest BCUT2D eigenvalue weighted by Crippen LogP contribution is -2.40. The summed E-state index contributed by atoms with van der Waals surface area (Å²) in [5.41, 5.74) is 3.01. The molecule has 0 fully saturated rings. The van der Waals surface area contributed by atoms with Crippen molar-refractivity contribution >= 4 is 46.7 Å². The molecule has 0 saturated carbocycles. The van der Waals surface area contributed by atoms with Crippen LogP contribution in [-0.2, 0) is 4.74 Å². The highest BCUT2D eigenvalue weighted by Crippen LogP contribution is 2.29. The number of nitrogens with zero attached hydrogens (tertiary/aromatic N) is 1. The molecule has 110 valence electrons. The molecule has 8 heteroatoms. The molecule has 0 aromatic heterocycles. The standard InChI is InChI=1S/C12H15Cl2N3O2S/c1-7(6-19-2)16-12(20)17-15-5-8-3-9(13)4-10(14)11(8)18/h3-5,7,18H,6H2,1-2H3,(H2,16,17,20)/b15-5+/t7-/m0/s1. The number of aromatic hydroxyl groups is 1. The van der Waals surface area contributed by atoms with Crippen LogP contribution >= 0.6 is 35.4 Å². The molecule has 0 spiro atoms. The number of hydrogen-bond donors (Lipinski definition) is 3. The molecular weight excluding hydrogens is 321 g/mol. The zero-order chi connectivity index (χ0) is 15.1. The van der Waals surface area contributed by atoms with Gasteiger partial charge in [0.05, 0.1) is 17.8 Å². The molecule has 1 aromatic carbocycles. The third kappa shape index (κ3) is 5.50. The molecule has 0 radical (unpaired) electrons. The van der Waals surface area contributed by atoms with Crippen molar-refractivity contribution < 1.29 is 9.84 Å². The van der Waals surface area contributed by atoms with Gasteiger partial charge < -0.3 is 15.2 Å². The van der Waals surface area contributed by atoms with Gasteiger partial charge in [-0.15, -0.1) is 0 Å². The van der Waals surface area contributed by atoms with Gasteiger partial charge in [-0.3, -0.25) is 5.43 Å². The summed E-state index contributed by atoms with van der Waals surface area (Å²) < 4.78 is 4.97. The molecule has 20 heavy (non-hydrogen) atoms. The maximum absolute atomic E-state index is 9.73. The third-order valence-electron chi connectivity index (χ3n) is 2.22. The van der Waals surface area contributed by atoms with E-state index in [0.29, 0.717) is 22.3 Å². The van der Waals surface area contributed by atoms with Gasteiger partial charge in [-0.2, -0.15) is 5.10 Å². The Bertz CT molecular complexity index is 512. The summed E-state index contributed by atoms with van der Waals surface area (Å²) in [4.78, 5) is 0. The van der Waals surface area contributed by atoms with Crippen LogP contribution in [0.3, 0.4) is 0 Å². The largest absolute Gasteiger partial charge is 0.506 e. The van der Waals surface area contributed by atoms with Crippen molar-refractivity contribution in [1.29, 1.82) is 0 Å². The van der Waals surface area contributed by atoms with E-state index in [4.69, 9.17) is 40.2 Å². The number of rotatable bonds is 5. The molecule has 1 aromatic rings. The van der Waals surface area contributed by atoms with E-state index in [2.05, 4.69) is 15.8 Å². The van der Waals surface area contributed by atoms with E-state index in [-0.39, 0.29) is 16.8 Å². The summed E-state index contributed by atoms with van der Waals surface area (Å²) in [5, 5.41) is 17.5. The number of ether oxygens (including phenoxy) is 1. The molecule has 0 aliphatic carbocycles. The quantitative estimate of drug-likeness (QED) is 0.438. The number of benzene rings is 1. The van der Waals surface area contributed by atoms with Crippen molar-refractivity contribution in [2.24, 2.45) is 5.10 Å². The van der Waals surface area contributed by atoms with Crippen molar-refractivity contribution in [3.63, 3.8) is 0 Å². The molecule has 0 saturated heterocycles. The highest BCUT2D eigenvalue weighted by molar-refractivity contribution is 7.80. The fourth-order valence-electron chi connectivity index (χ4n) is 1.39. The number of thiocarbonyl (C=S) groups is 1. The lowest BCUT2D eigenvalue weighted by atomic mass is 10.2. The maximum Gasteiger partial charge on any atom is 0.187 e. The molecule has 0 aliphatic heterocycles. The van der Waals surface area contributed by atoms with Crippen LogP contribution in [0.4, 0.5) is 0 Å². The first-order valence-electron chi connectivity index (χ1n) is 5.70. The Morgan fingerprint density at radius 3 is 2.90 bits per heavy atom. The lowest BCUT2D eigenvalue weighted by molar-refractivity contribution is 0.179. The molecule has 1 atom stereocenters. The molecule has 0 bridgehead atoms. The Balaban J connectivity index is 2.59. The van der Waals surface area contributed by atoms with Crippen LogP contribution in [0.5, 0.6) is 5.75 Å². The molecular formula is C12H15Cl2N3O2S. The average Bonchev–Trinajstić information content (AvgIpc) is 2.35. The Kier molecular flexibility index (Phi) is 7.01. The average molecular weight is 336 g/mol. The lowest BCUT2D eigenvalue weighted by Gasteiger charge is -2.13. The van der Waals surface area contributed by atoms with Crippen molar-refractivity contribution in [3.05, 3.63) is 27.7 Å². The van der Waals surface area contributed by atoms with Crippen molar-refractivity contribution in [1.82, 2.24) is 10.7 Å². The highest BCUT2D eigenvalue weighted by atomic mass is 35.5. The summed E-state index contributed by atoms with van der Waals surface area (Å²) in [6, 6.07) is 3.05. The SMILES string of the molecule is COC[C@H](C)NC(=S)N/N=C/c1cc(Cl)cc(Cl)c1O. The van der Waals surface area contributed by atoms with Crippen LogP contribution in [0.2, 0.25) is 10.0 Å². The molecule has 1 rings (SSSR count). The summed E-state index contributed by atoms with van der Waals surface area (Å²) in [6.07, 6.45) is 1.38. The van der Waals surface area contributed by atoms with Crippen LogP contribution in [0.15, 0.2) is 17.2 Å². The van der Waals surface area contributed by atoms with E-state index in [9.17, 15) is 5.11 Å². The second-order valence-corrected chi connectivity index (χ2v) is 5.28. The maximum atomic E-state index is 9.73. The topological polar surface area (TPSA) is 65.9 Å². The van der Waals surface area contributed by atoms with Crippen molar-refractivity contribution in [3.8, 4) is 5.75 Å². The van der Waals surface area contributed by atoms with Gasteiger partial charge in [-0.1, -0.05) is 23.2 Å². The smallest absolute Gasteiger partial charge is 0.187 e. The number of phenolic OH excluding ortho intramolecular Hbond substituents is 1. The van der Waals surface area contributed by atoms with Crippen LogP contribution in [0.1, 0.15) is 12.5 Å².